The maximum absolute atomic E-state index is 11.1. The van der Waals surface area contributed by atoms with Gasteiger partial charge in [-0.3, -0.25) is 10.3 Å². The Balaban J connectivity index is 2.54. The van der Waals surface area contributed by atoms with Gasteiger partial charge in [0.2, 0.25) is 0 Å². The van der Waals surface area contributed by atoms with Gasteiger partial charge in [0.15, 0.2) is 0 Å². The molecule has 0 aliphatic heterocycles. The lowest BCUT2D eigenvalue weighted by molar-refractivity contribution is 0.187. The smallest absolute Gasteiger partial charge is 0.411 e. The second kappa shape index (κ2) is 4.18. The van der Waals surface area contributed by atoms with Gasteiger partial charge in [-0.15, -0.1) is 0 Å². The van der Waals surface area contributed by atoms with Crippen LogP contribution >= 0.6 is 0 Å². The molecule has 1 N–H and O–H groups in total. The Morgan fingerprint density at radius 1 is 1.38 bits per heavy atom. The molecular formula is C12H12N2O2. The van der Waals surface area contributed by atoms with Crippen LogP contribution in [-0.4, -0.2) is 18.2 Å². The zero-order valence-electron chi connectivity index (χ0n) is 9.15. The highest BCUT2D eigenvalue weighted by molar-refractivity contribution is 5.98. The van der Waals surface area contributed by atoms with Gasteiger partial charge in [-0.2, -0.15) is 0 Å². The number of amides is 1. The van der Waals surface area contributed by atoms with E-state index in [-0.39, 0.29) is 0 Å². The summed E-state index contributed by atoms with van der Waals surface area (Å²) in [6.07, 6.45) is 1.21. The van der Waals surface area contributed by atoms with E-state index in [2.05, 4.69) is 15.0 Å². The quantitative estimate of drug-likeness (QED) is 0.797. The van der Waals surface area contributed by atoms with Gasteiger partial charge in [0, 0.05) is 11.6 Å². The monoisotopic (exact) mass is 216 g/mol. The Bertz CT molecular complexity index is 538. The van der Waals surface area contributed by atoms with Gasteiger partial charge in [-0.1, -0.05) is 12.1 Å². The fourth-order valence-electron chi connectivity index (χ4n) is 1.58. The largest absolute Gasteiger partial charge is 0.453 e. The van der Waals surface area contributed by atoms with E-state index in [0.717, 1.165) is 16.5 Å². The van der Waals surface area contributed by atoms with Crippen LogP contribution in [0.3, 0.4) is 0 Å². The number of methoxy groups -OCH3 is 1. The zero-order chi connectivity index (χ0) is 11.5. The number of benzene rings is 1. The molecule has 1 aromatic carbocycles. The molecule has 0 atom stereocenters. The zero-order valence-corrected chi connectivity index (χ0v) is 9.15. The number of hydrogen-bond acceptors (Lipinski definition) is 3. The standard InChI is InChI=1S/C12H12N2O2/c1-8-5-6-10(14-12(15)16-2)11-9(8)4-3-7-13-11/h3-7H,1-2H3,(H,14,15). The van der Waals surface area contributed by atoms with Crippen LogP contribution in [0, 0.1) is 6.92 Å². The first-order valence-electron chi connectivity index (χ1n) is 4.91. The number of fused-ring (bicyclic) bond motifs is 1. The van der Waals surface area contributed by atoms with Crippen LogP contribution in [-0.2, 0) is 4.74 Å². The fourth-order valence-corrected chi connectivity index (χ4v) is 1.58. The summed E-state index contributed by atoms with van der Waals surface area (Å²) in [5.41, 5.74) is 2.56. The molecular weight excluding hydrogens is 204 g/mol. The number of aromatic nitrogens is 1. The number of pyridine rings is 1. The van der Waals surface area contributed by atoms with E-state index < -0.39 is 6.09 Å². The van der Waals surface area contributed by atoms with Crippen LogP contribution in [0.2, 0.25) is 0 Å². The Morgan fingerprint density at radius 3 is 2.94 bits per heavy atom. The van der Waals surface area contributed by atoms with E-state index in [1.807, 2.05) is 31.2 Å². The summed E-state index contributed by atoms with van der Waals surface area (Å²) in [5, 5.41) is 3.66. The first-order chi connectivity index (χ1) is 7.72. The van der Waals surface area contributed by atoms with E-state index in [0.29, 0.717) is 5.69 Å². The minimum atomic E-state index is -0.490. The van der Waals surface area contributed by atoms with Crippen molar-refractivity contribution >= 4 is 22.7 Å². The van der Waals surface area contributed by atoms with E-state index in [1.54, 1.807) is 6.20 Å². The average Bonchev–Trinajstić information content (AvgIpc) is 2.33. The second-order valence-electron chi connectivity index (χ2n) is 3.45. The van der Waals surface area contributed by atoms with Crippen LogP contribution in [0.15, 0.2) is 30.5 Å². The maximum atomic E-state index is 11.1. The highest BCUT2D eigenvalue weighted by atomic mass is 16.5. The molecule has 0 saturated carbocycles. The Morgan fingerprint density at radius 2 is 2.19 bits per heavy atom. The fraction of sp³-hybridized carbons (Fsp3) is 0.167. The molecule has 0 fully saturated rings. The lowest BCUT2D eigenvalue weighted by Crippen LogP contribution is -2.11. The summed E-state index contributed by atoms with van der Waals surface area (Å²) >= 11 is 0. The first-order valence-corrected chi connectivity index (χ1v) is 4.91. The molecule has 0 spiro atoms. The molecule has 0 bridgehead atoms. The predicted molar refractivity (Wildman–Crippen MR) is 62.5 cm³/mol. The van der Waals surface area contributed by atoms with Crippen molar-refractivity contribution in [2.45, 2.75) is 6.92 Å². The van der Waals surface area contributed by atoms with Crippen molar-refractivity contribution in [3.05, 3.63) is 36.0 Å². The Labute approximate surface area is 93.3 Å². The van der Waals surface area contributed by atoms with Crippen molar-refractivity contribution in [2.75, 3.05) is 12.4 Å². The van der Waals surface area contributed by atoms with Gasteiger partial charge in [-0.05, 0) is 24.6 Å². The SMILES string of the molecule is COC(=O)Nc1ccc(C)c2cccnc12. The molecule has 0 radical (unpaired) electrons. The first kappa shape index (κ1) is 10.4. The van der Waals surface area contributed by atoms with Gasteiger partial charge in [-0.25, -0.2) is 4.79 Å². The number of carbonyl (C=O) groups is 1. The summed E-state index contributed by atoms with van der Waals surface area (Å²) < 4.78 is 4.56. The molecule has 2 rings (SSSR count). The van der Waals surface area contributed by atoms with Crippen LogP contribution in [0.1, 0.15) is 5.56 Å². The van der Waals surface area contributed by atoms with Crippen molar-refractivity contribution in [1.82, 2.24) is 4.98 Å². The molecule has 4 heteroatoms. The Kier molecular flexibility index (Phi) is 2.72. The number of aryl methyl sites for hydroxylation is 1. The molecule has 16 heavy (non-hydrogen) atoms. The summed E-state index contributed by atoms with van der Waals surface area (Å²) in [6, 6.07) is 7.61. The highest BCUT2D eigenvalue weighted by Crippen LogP contribution is 2.24. The van der Waals surface area contributed by atoms with Crippen LogP contribution in [0.25, 0.3) is 10.9 Å². The number of rotatable bonds is 1. The van der Waals surface area contributed by atoms with Gasteiger partial charge in [0.05, 0.1) is 18.3 Å². The molecule has 82 valence electrons. The van der Waals surface area contributed by atoms with Gasteiger partial charge in [0.25, 0.3) is 0 Å². The molecule has 1 aromatic heterocycles. The third-order valence-electron chi connectivity index (χ3n) is 2.41. The van der Waals surface area contributed by atoms with Gasteiger partial charge in [0.1, 0.15) is 0 Å². The van der Waals surface area contributed by atoms with Crippen molar-refractivity contribution in [1.29, 1.82) is 0 Å². The van der Waals surface area contributed by atoms with Crippen molar-refractivity contribution in [2.24, 2.45) is 0 Å². The number of carbonyl (C=O) groups excluding carboxylic acids is 1. The molecule has 2 aromatic rings. The Hall–Kier alpha value is -2.10. The molecule has 0 aliphatic carbocycles. The number of nitrogens with zero attached hydrogens (tertiary/aromatic N) is 1. The second-order valence-corrected chi connectivity index (χ2v) is 3.45. The van der Waals surface area contributed by atoms with Crippen LogP contribution in [0.5, 0.6) is 0 Å². The van der Waals surface area contributed by atoms with Crippen LogP contribution < -0.4 is 5.32 Å². The molecule has 0 aliphatic rings. The van der Waals surface area contributed by atoms with Gasteiger partial charge < -0.3 is 4.74 Å². The number of anilines is 1. The van der Waals surface area contributed by atoms with Crippen molar-refractivity contribution < 1.29 is 9.53 Å². The third kappa shape index (κ3) is 1.82. The van der Waals surface area contributed by atoms with Crippen molar-refractivity contribution in [3.63, 3.8) is 0 Å². The number of nitrogens with one attached hydrogen (secondary N) is 1. The molecule has 0 unspecified atom stereocenters. The van der Waals surface area contributed by atoms with E-state index in [1.165, 1.54) is 7.11 Å². The van der Waals surface area contributed by atoms with E-state index >= 15 is 0 Å². The lowest BCUT2D eigenvalue weighted by atomic mass is 10.1. The highest BCUT2D eigenvalue weighted by Gasteiger charge is 2.07. The normalized spacial score (nSPS) is 10.1. The molecule has 1 heterocycles. The molecule has 0 saturated heterocycles. The minimum Gasteiger partial charge on any atom is -0.453 e. The third-order valence-corrected chi connectivity index (χ3v) is 2.41. The van der Waals surface area contributed by atoms with E-state index in [4.69, 9.17) is 0 Å². The summed E-state index contributed by atoms with van der Waals surface area (Å²) in [7, 11) is 1.33. The van der Waals surface area contributed by atoms with Gasteiger partial charge >= 0.3 is 6.09 Å². The summed E-state index contributed by atoms with van der Waals surface area (Å²) in [4.78, 5) is 15.4. The minimum absolute atomic E-state index is 0.490. The molecule has 1 amide bonds. The average molecular weight is 216 g/mol. The number of ether oxygens (including phenoxy) is 1. The summed E-state index contributed by atoms with van der Waals surface area (Å²) in [5.74, 6) is 0. The van der Waals surface area contributed by atoms with Crippen LogP contribution in [0.4, 0.5) is 10.5 Å². The topological polar surface area (TPSA) is 51.2 Å². The predicted octanol–water partition coefficient (Wildman–Crippen LogP) is 2.72. The maximum Gasteiger partial charge on any atom is 0.411 e. The molecule has 4 nitrogen and oxygen atoms in total. The number of hydrogen-bond donors (Lipinski definition) is 1. The lowest BCUT2D eigenvalue weighted by Gasteiger charge is -2.08. The summed E-state index contributed by atoms with van der Waals surface area (Å²) in [6.45, 7) is 2.01. The van der Waals surface area contributed by atoms with E-state index in [9.17, 15) is 4.79 Å². The van der Waals surface area contributed by atoms with Crippen molar-refractivity contribution in [3.8, 4) is 0 Å².